The molecule has 6 aromatic heterocycles. The van der Waals surface area contributed by atoms with Gasteiger partial charge in [0.05, 0.1) is 133 Å². The molecule has 0 aliphatic carbocycles. The number of hydrogen-bond donors (Lipinski definition) is 0. The van der Waals surface area contributed by atoms with Crippen LogP contribution in [0.4, 0.5) is 0 Å². The molecule has 0 atom stereocenters. The fraction of sp³-hybridized carbons (Fsp3) is 0.625. The van der Waals surface area contributed by atoms with Gasteiger partial charge < -0.3 is 38.0 Å². The number of allylic oxidation sites excluding steroid dienone is 4. The highest BCUT2D eigenvalue weighted by atomic mass is 17.2. The Bertz CT molecular complexity index is 2450. The van der Waals surface area contributed by atoms with Crippen molar-refractivity contribution in [3.63, 3.8) is 0 Å². The van der Waals surface area contributed by atoms with Crippen LogP contribution in [0.3, 0.4) is 0 Å². The maximum absolute atomic E-state index is 5.45. The fourth-order valence-corrected chi connectivity index (χ4v) is 5.74. The second kappa shape index (κ2) is 71.7. The van der Waals surface area contributed by atoms with Crippen LogP contribution in [0.2, 0.25) is 0 Å². The van der Waals surface area contributed by atoms with Crippen LogP contribution < -0.4 is 0 Å². The zero-order chi connectivity index (χ0) is 68.6. The molecule has 0 bridgehead atoms. The van der Waals surface area contributed by atoms with Gasteiger partial charge in [-0.05, 0) is 78.2 Å². The summed E-state index contributed by atoms with van der Waals surface area (Å²) in [6, 6.07) is 0. The van der Waals surface area contributed by atoms with Crippen molar-refractivity contribution in [1.29, 1.82) is 0 Å². The standard InChI is InChI=1S/C13H25N3O4.C11H19N3O3.C11H19N3O2.C8H15N3.2C5H9N3.C4H8.C3H6.2C2H4/c1-3-13-12-16(15-14-13)4-5-18-8-9-20-11-10-19-7-6-17-2;1-3-6-16-17-9-8-15-7-5-14-10-11(4-2)12-13-14;1-3-6-15-8-9-16-7-5-14-10-11(4-2)12-13-14;1-3-5-6-11-7-8(4-2)9-10-11;2*1-3-5-4-8(2)7-6-5;1-3-4-2;1-3-2;2*1-2/h12H,3-11H2,1-2H3;3,6,10H,4-5,7-9H2,1-2H3;3,6,10H,4-5,7-9H2,1-2H3;7H,3-6H2,1-2H3;2*4H,3H2,1-2H3;3H,1,4H2,2H3;3H,1H2,2H3;2*1-2H2/b;6-3-;6-3+;;;;;;;. The number of ether oxygens (including phenoxy) is 7. The van der Waals surface area contributed by atoms with Crippen molar-refractivity contribution in [2.24, 2.45) is 14.1 Å². The molecule has 0 spiro atoms. The maximum atomic E-state index is 5.45. The number of nitrogens with zero attached hydrogens (tertiary/aromatic N) is 18. The number of aryl methyl sites for hydroxylation is 9. The average molecular weight is 1280 g/mol. The molecule has 6 rings (SSSR count). The normalized spacial score (nSPS) is 9.96. The van der Waals surface area contributed by atoms with Gasteiger partial charge in [0, 0.05) is 64.9 Å². The summed E-state index contributed by atoms with van der Waals surface area (Å²) < 4.78 is 47.5. The third kappa shape index (κ3) is 58.7. The third-order valence-corrected chi connectivity index (χ3v) is 10.6. The summed E-state index contributed by atoms with van der Waals surface area (Å²) in [5.74, 6) is 0. The van der Waals surface area contributed by atoms with Crippen molar-refractivity contribution < 1.29 is 42.9 Å². The van der Waals surface area contributed by atoms with E-state index in [-0.39, 0.29) is 0 Å². The molecule has 6 heterocycles. The molecule has 0 aromatic carbocycles. The average Bonchev–Trinajstić information content (AvgIpc) is 4.68. The molecule has 0 N–H and O–H groups in total. The Morgan fingerprint density at radius 2 is 0.692 bits per heavy atom. The Morgan fingerprint density at radius 1 is 0.396 bits per heavy atom. The van der Waals surface area contributed by atoms with E-state index in [9.17, 15) is 0 Å². The lowest BCUT2D eigenvalue weighted by Crippen LogP contribution is -2.13. The van der Waals surface area contributed by atoms with Gasteiger partial charge in [0.25, 0.3) is 0 Å². The minimum atomic E-state index is 0.405. The number of hydrogen-bond acceptors (Lipinski definition) is 21. The lowest BCUT2D eigenvalue weighted by atomic mass is 10.3. The number of methoxy groups -OCH3 is 1. The van der Waals surface area contributed by atoms with E-state index in [0.717, 1.165) is 92.2 Å². The Kier molecular flexibility index (Phi) is 70.9. The number of aromatic nitrogens is 18. The minimum Gasteiger partial charge on any atom is -0.499 e. The molecule has 0 aliphatic heterocycles. The van der Waals surface area contributed by atoms with Gasteiger partial charge >= 0.3 is 0 Å². The quantitative estimate of drug-likeness (QED) is 0.0115. The third-order valence-electron chi connectivity index (χ3n) is 10.6. The van der Waals surface area contributed by atoms with E-state index < -0.39 is 0 Å². The van der Waals surface area contributed by atoms with Gasteiger partial charge in [-0.3, -0.25) is 14.0 Å². The Morgan fingerprint density at radius 3 is 0.967 bits per heavy atom. The van der Waals surface area contributed by atoms with Crippen LogP contribution in [0.1, 0.15) is 130 Å². The Balaban J connectivity index is -0.000000494. The highest BCUT2D eigenvalue weighted by Crippen LogP contribution is 1.99. The lowest BCUT2D eigenvalue weighted by Gasteiger charge is -2.06. The monoisotopic (exact) mass is 1280 g/mol. The molecule has 0 fully saturated rings. The molecule has 0 amide bonds. The van der Waals surface area contributed by atoms with Gasteiger partial charge in [-0.25, -0.2) is 14.0 Å². The van der Waals surface area contributed by atoms with Crippen LogP contribution in [0, 0.1) is 0 Å². The van der Waals surface area contributed by atoms with Crippen molar-refractivity contribution in [3.8, 4) is 0 Å². The first-order chi connectivity index (χ1) is 44.4. The lowest BCUT2D eigenvalue weighted by molar-refractivity contribution is -0.255. The summed E-state index contributed by atoms with van der Waals surface area (Å²) in [6.45, 7) is 51.7. The molecule has 91 heavy (non-hydrogen) atoms. The summed E-state index contributed by atoms with van der Waals surface area (Å²) >= 11 is 0. The van der Waals surface area contributed by atoms with Crippen LogP contribution in [0.5, 0.6) is 0 Å². The molecular formula is C64H118N18O9. The molecule has 27 nitrogen and oxygen atoms in total. The first-order valence-corrected chi connectivity index (χ1v) is 31.4. The van der Waals surface area contributed by atoms with Gasteiger partial charge in [-0.15, -0.1) is 70.1 Å². The van der Waals surface area contributed by atoms with Crippen molar-refractivity contribution in [2.45, 2.75) is 160 Å². The number of rotatable bonds is 37. The van der Waals surface area contributed by atoms with Crippen LogP contribution in [0.15, 0.2) is 113 Å². The smallest absolute Gasteiger partial charge is 0.125 e. The van der Waals surface area contributed by atoms with Gasteiger partial charge in [-0.2, -0.15) is 4.89 Å². The largest absolute Gasteiger partial charge is 0.499 e. The maximum Gasteiger partial charge on any atom is 0.125 e. The summed E-state index contributed by atoms with van der Waals surface area (Å²) in [4.78, 5) is 9.48. The molecule has 27 heteroatoms. The first kappa shape index (κ1) is 90.0. The van der Waals surface area contributed by atoms with Crippen LogP contribution in [0.25, 0.3) is 0 Å². The number of unbranched alkanes of at least 4 members (excludes halogenated alkanes) is 1. The molecule has 518 valence electrons. The van der Waals surface area contributed by atoms with Gasteiger partial charge in [-0.1, -0.05) is 111 Å². The second-order valence-electron chi connectivity index (χ2n) is 18.0. The molecule has 0 saturated heterocycles. The van der Waals surface area contributed by atoms with E-state index >= 15 is 0 Å². The predicted molar refractivity (Wildman–Crippen MR) is 361 cm³/mol. The van der Waals surface area contributed by atoms with Crippen LogP contribution in [-0.4, -0.2) is 183 Å². The van der Waals surface area contributed by atoms with E-state index in [1.165, 1.54) is 19.1 Å². The minimum absolute atomic E-state index is 0.405. The molecule has 0 saturated carbocycles. The predicted octanol–water partition coefficient (Wildman–Crippen LogP) is 10.1. The van der Waals surface area contributed by atoms with Crippen LogP contribution in [-0.2, 0) is 122 Å². The SMILES string of the molecule is C/C=C/OCCOCCn1cc(CC)nn1.C/C=C\OOCCOCCn1cc(CC)nn1.C=C.C=C.C=CC.C=CCC.CCCCn1cc(CC)nn1.CCc1cn(C)nn1.CCc1cn(C)nn1.CCc1cn(CCOCCOCCOCCOC)nn1. The summed E-state index contributed by atoms with van der Waals surface area (Å²) in [5.41, 5.74) is 6.19. The van der Waals surface area contributed by atoms with E-state index in [1.54, 1.807) is 48.9 Å². The van der Waals surface area contributed by atoms with Crippen molar-refractivity contribution >= 4 is 0 Å². The van der Waals surface area contributed by atoms with E-state index in [2.05, 4.69) is 155 Å². The van der Waals surface area contributed by atoms with Crippen molar-refractivity contribution in [3.05, 3.63) is 148 Å². The summed E-state index contributed by atoms with van der Waals surface area (Å²) in [5, 5.41) is 47.1. The van der Waals surface area contributed by atoms with Crippen molar-refractivity contribution in [1.82, 2.24) is 90.0 Å². The van der Waals surface area contributed by atoms with Gasteiger partial charge in [0.2, 0.25) is 0 Å². The zero-order valence-electron chi connectivity index (χ0n) is 58.3. The molecule has 0 aliphatic rings. The summed E-state index contributed by atoms with van der Waals surface area (Å²) in [6.07, 6.45) is 31.1. The molecule has 6 aromatic rings. The highest BCUT2D eigenvalue weighted by Gasteiger charge is 2.02. The topological polar surface area (TPSA) is 267 Å². The Labute approximate surface area is 545 Å². The first-order valence-electron chi connectivity index (χ1n) is 31.4. The highest BCUT2D eigenvalue weighted by molar-refractivity contribution is 4.93. The van der Waals surface area contributed by atoms with Crippen LogP contribution >= 0.6 is 0 Å². The zero-order valence-corrected chi connectivity index (χ0v) is 58.3. The molecule has 0 radical (unpaired) electrons. The molecule has 0 unspecified atom stereocenters. The van der Waals surface area contributed by atoms with Gasteiger partial charge in [0.1, 0.15) is 19.5 Å². The van der Waals surface area contributed by atoms with E-state index in [0.29, 0.717) is 99.0 Å². The Hall–Kier alpha value is -7.40. The summed E-state index contributed by atoms with van der Waals surface area (Å²) in [7, 11) is 5.39. The second-order valence-corrected chi connectivity index (χ2v) is 18.0. The van der Waals surface area contributed by atoms with Gasteiger partial charge in [0.15, 0.2) is 0 Å². The van der Waals surface area contributed by atoms with E-state index in [4.69, 9.17) is 38.0 Å². The molecular weight excluding hydrogens is 1160 g/mol. The van der Waals surface area contributed by atoms with Crippen molar-refractivity contribution in [2.75, 3.05) is 93.0 Å². The van der Waals surface area contributed by atoms with E-state index in [1.807, 2.05) is 95.8 Å². The fourth-order valence-electron chi connectivity index (χ4n) is 5.74.